The molecule has 0 unspecified atom stereocenters. The molecule has 0 aliphatic rings. The Balaban J connectivity index is 1.93. The standard InChI is InChI=1S/C11H15N5O/c1-12-10-7-11(17)16(14-8-10)5-2-4-15-6-3-13-9-15/h3,6-9,12H,2,4-5H2,1H3. The Morgan fingerprint density at radius 3 is 2.94 bits per heavy atom. The van der Waals surface area contributed by atoms with Crippen molar-refractivity contribution >= 4 is 5.69 Å². The molecule has 0 aromatic carbocycles. The number of hydrogen-bond acceptors (Lipinski definition) is 4. The fourth-order valence-corrected chi connectivity index (χ4v) is 1.56. The third-order valence-corrected chi connectivity index (χ3v) is 2.50. The molecule has 1 N–H and O–H groups in total. The Morgan fingerprint density at radius 1 is 1.41 bits per heavy atom. The Labute approximate surface area is 98.9 Å². The third-order valence-electron chi connectivity index (χ3n) is 2.50. The monoisotopic (exact) mass is 233 g/mol. The lowest BCUT2D eigenvalue weighted by atomic mass is 10.4. The van der Waals surface area contributed by atoms with Gasteiger partial charge >= 0.3 is 0 Å². The van der Waals surface area contributed by atoms with Gasteiger partial charge in [-0.25, -0.2) is 9.67 Å². The first-order valence-electron chi connectivity index (χ1n) is 5.50. The zero-order chi connectivity index (χ0) is 12.1. The van der Waals surface area contributed by atoms with Gasteiger partial charge in [0.2, 0.25) is 0 Å². The summed E-state index contributed by atoms with van der Waals surface area (Å²) in [5, 5.41) is 6.97. The van der Waals surface area contributed by atoms with E-state index in [2.05, 4.69) is 15.4 Å². The average Bonchev–Trinajstić information content (AvgIpc) is 2.84. The van der Waals surface area contributed by atoms with E-state index in [0.29, 0.717) is 6.54 Å². The van der Waals surface area contributed by atoms with Crippen LogP contribution in [0.1, 0.15) is 6.42 Å². The first kappa shape index (κ1) is 11.4. The molecule has 2 aromatic heterocycles. The van der Waals surface area contributed by atoms with E-state index < -0.39 is 0 Å². The SMILES string of the molecule is CNc1cnn(CCCn2ccnc2)c(=O)c1. The van der Waals surface area contributed by atoms with Crippen LogP contribution in [-0.2, 0) is 13.1 Å². The summed E-state index contributed by atoms with van der Waals surface area (Å²) in [6.07, 6.45) is 7.91. The van der Waals surface area contributed by atoms with E-state index in [4.69, 9.17) is 0 Å². The van der Waals surface area contributed by atoms with Crippen molar-refractivity contribution in [1.82, 2.24) is 19.3 Å². The summed E-state index contributed by atoms with van der Waals surface area (Å²) < 4.78 is 3.45. The number of imidazole rings is 1. The summed E-state index contributed by atoms with van der Waals surface area (Å²) in [6, 6.07) is 1.55. The van der Waals surface area contributed by atoms with Crippen molar-refractivity contribution in [3.05, 3.63) is 41.3 Å². The zero-order valence-electron chi connectivity index (χ0n) is 9.71. The normalized spacial score (nSPS) is 10.4. The summed E-state index contributed by atoms with van der Waals surface area (Å²) in [7, 11) is 1.76. The number of hydrogen-bond donors (Lipinski definition) is 1. The van der Waals surface area contributed by atoms with Gasteiger partial charge in [0.15, 0.2) is 0 Å². The molecule has 0 atom stereocenters. The van der Waals surface area contributed by atoms with Crippen LogP contribution in [0.2, 0.25) is 0 Å². The van der Waals surface area contributed by atoms with Crippen molar-refractivity contribution in [2.24, 2.45) is 0 Å². The van der Waals surface area contributed by atoms with Gasteiger partial charge in [-0.1, -0.05) is 0 Å². The fraction of sp³-hybridized carbons (Fsp3) is 0.364. The summed E-state index contributed by atoms with van der Waals surface area (Å²) in [5.41, 5.74) is 0.656. The number of aromatic nitrogens is 4. The molecule has 2 rings (SSSR count). The molecule has 0 fully saturated rings. The molecule has 0 aliphatic carbocycles. The molecule has 0 amide bonds. The van der Waals surface area contributed by atoms with Crippen molar-refractivity contribution in [3.8, 4) is 0 Å². The largest absolute Gasteiger partial charge is 0.387 e. The molecule has 0 aliphatic heterocycles. The Bertz CT molecular complexity index is 517. The van der Waals surface area contributed by atoms with E-state index in [1.165, 1.54) is 4.68 Å². The Hall–Kier alpha value is -2.11. The highest BCUT2D eigenvalue weighted by molar-refractivity contribution is 5.37. The minimum absolute atomic E-state index is 0.0810. The van der Waals surface area contributed by atoms with Gasteiger partial charge in [0.1, 0.15) is 0 Å². The first-order chi connectivity index (χ1) is 8.29. The predicted molar refractivity (Wildman–Crippen MR) is 64.9 cm³/mol. The molecule has 17 heavy (non-hydrogen) atoms. The quantitative estimate of drug-likeness (QED) is 0.820. The van der Waals surface area contributed by atoms with E-state index in [1.54, 1.807) is 31.8 Å². The lowest BCUT2D eigenvalue weighted by Crippen LogP contribution is -2.22. The van der Waals surface area contributed by atoms with E-state index in [0.717, 1.165) is 18.7 Å². The van der Waals surface area contributed by atoms with Gasteiger partial charge < -0.3 is 9.88 Å². The van der Waals surface area contributed by atoms with Crippen molar-refractivity contribution in [1.29, 1.82) is 0 Å². The van der Waals surface area contributed by atoms with Crippen LogP contribution in [0.4, 0.5) is 5.69 Å². The van der Waals surface area contributed by atoms with E-state index in [9.17, 15) is 4.79 Å². The predicted octanol–water partition coefficient (Wildman–Crippen LogP) is 0.572. The molecule has 90 valence electrons. The molecular weight excluding hydrogens is 218 g/mol. The van der Waals surface area contributed by atoms with Gasteiger partial charge in [-0.2, -0.15) is 5.10 Å². The second kappa shape index (κ2) is 5.29. The molecule has 0 radical (unpaired) electrons. The van der Waals surface area contributed by atoms with Crippen molar-refractivity contribution < 1.29 is 0 Å². The van der Waals surface area contributed by atoms with Crippen LogP contribution in [0, 0.1) is 0 Å². The van der Waals surface area contributed by atoms with E-state index in [-0.39, 0.29) is 5.56 Å². The van der Waals surface area contributed by atoms with Crippen LogP contribution < -0.4 is 10.9 Å². The smallest absolute Gasteiger partial charge is 0.268 e. The van der Waals surface area contributed by atoms with Crippen molar-refractivity contribution in [3.63, 3.8) is 0 Å². The minimum Gasteiger partial charge on any atom is -0.387 e. The van der Waals surface area contributed by atoms with E-state index >= 15 is 0 Å². The molecule has 0 saturated heterocycles. The maximum Gasteiger partial charge on any atom is 0.268 e. The fourth-order valence-electron chi connectivity index (χ4n) is 1.56. The van der Waals surface area contributed by atoms with Gasteiger partial charge in [0.25, 0.3) is 5.56 Å². The lowest BCUT2D eigenvalue weighted by Gasteiger charge is -2.06. The second-order valence-corrected chi connectivity index (χ2v) is 3.71. The molecule has 0 saturated carbocycles. The molecule has 6 heteroatoms. The minimum atomic E-state index is -0.0810. The van der Waals surface area contributed by atoms with Gasteiger partial charge in [-0.3, -0.25) is 4.79 Å². The van der Waals surface area contributed by atoms with Crippen LogP contribution in [-0.4, -0.2) is 26.4 Å². The van der Waals surface area contributed by atoms with Gasteiger partial charge in [0, 0.05) is 38.6 Å². The highest BCUT2D eigenvalue weighted by atomic mass is 16.1. The Kier molecular flexibility index (Phi) is 3.54. The van der Waals surface area contributed by atoms with Crippen molar-refractivity contribution in [2.45, 2.75) is 19.5 Å². The first-order valence-corrected chi connectivity index (χ1v) is 5.50. The summed E-state index contributed by atoms with van der Waals surface area (Å²) in [6.45, 7) is 1.45. The van der Waals surface area contributed by atoms with E-state index in [1.807, 2.05) is 10.8 Å². The van der Waals surface area contributed by atoms with Crippen molar-refractivity contribution in [2.75, 3.05) is 12.4 Å². The molecular formula is C11H15N5O. The van der Waals surface area contributed by atoms with Crippen LogP contribution >= 0.6 is 0 Å². The number of nitrogens with one attached hydrogen (secondary N) is 1. The molecule has 2 aromatic rings. The zero-order valence-corrected chi connectivity index (χ0v) is 9.71. The topological polar surface area (TPSA) is 64.7 Å². The maximum atomic E-state index is 11.6. The van der Waals surface area contributed by atoms with Crippen LogP contribution in [0.15, 0.2) is 35.8 Å². The summed E-state index contributed by atoms with van der Waals surface area (Å²) in [5.74, 6) is 0. The highest BCUT2D eigenvalue weighted by Crippen LogP contribution is 1.98. The summed E-state index contributed by atoms with van der Waals surface area (Å²) >= 11 is 0. The lowest BCUT2D eigenvalue weighted by molar-refractivity contribution is 0.507. The van der Waals surface area contributed by atoms with Crippen LogP contribution in [0.3, 0.4) is 0 Å². The number of rotatable bonds is 5. The maximum absolute atomic E-state index is 11.6. The molecule has 2 heterocycles. The molecule has 0 spiro atoms. The molecule has 6 nitrogen and oxygen atoms in total. The second-order valence-electron chi connectivity index (χ2n) is 3.71. The highest BCUT2D eigenvalue weighted by Gasteiger charge is 1.99. The number of nitrogens with zero attached hydrogens (tertiary/aromatic N) is 4. The van der Waals surface area contributed by atoms with Gasteiger partial charge in [-0.15, -0.1) is 0 Å². The van der Waals surface area contributed by atoms with Crippen LogP contribution in [0.25, 0.3) is 0 Å². The Morgan fingerprint density at radius 2 is 2.29 bits per heavy atom. The summed E-state index contributed by atoms with van der Waals surface area (Å²) in [4.78, 5) is 15.6. The van der Waals surface area contributed by atoms with Gasteiger partial charge in [-0.05, 0) is 6.42 Å². The molecule has 0 bridgehead atoms. The third kappa shape index (κ3) is 2.93. The van der Waals surface area contributed by atoms with Crippen LogP contribution in [0.5, 0.6) is 0 Å². The van der Waals surface area contributed by atoms with Gasteiger partial charge in [0.05, 0.1) is 18.2 Å². The number of aryl methyl sites for hydroxylation is 2. The average molecular weight is 233 g/mol. The number of anilines is 1.